The quantitative estimate of drug-likeness (QED) is 0.478. The second-order valence-corrected chi connectivity index (χ2v) is 11.5. The van der Waals surface area contributed by atoms with E-state index in [1.807, 2.05) is 0 Å². The van der Waals surface area contributed by atoms with Gasteiger partial charge in [0.05, 0.1) is 12.8 Å². The lowest BCUT2D eigenvalue weighted by molar-refractivity contribution is -0.141. The molecule has 0 aromatic rings. The summed E-state index contributed by atoms with van der Waals surface area (Å²) in [4.78, 5) is 79.3. The average molecular weight is 573 g/mol. The van der Waals surface area contributed by atoms with E-state index in [0.29, 0.717) is 0 Å². The lowest BCUT2D eigenvalue weighted by Gasteiger charge is -2.35. The molecule has 1 aliphatic heterocycles. The van der Waals surface area contributed by atoms with Gasteiger partial charge in [-0.3, -0.25) is 19.2 Å². The van der Waals surface area contributed by atoms with Gasteiger partial charge >= 0.3 is 24.1 Å². The first-order valence-corrected chi connectivity index (χ1v) is 13.3. The summed E-state index contributed by atoms with van der Waals surface area (Å²) in [6, 6.07) is 0. The molecule has 0 aromatic carbocycles. The van der Waals surface area contributed by atoms with Crippen molar-refractivity contribution in [2.45, 2.75) is 78.4 Å². The van der Waals surface area contributed by atoms with Crippen molar-refractivity contribution in [3.63, 3.8) is 0 Å². The number of rotatable bonds is 6. The van der Waals surface area contributed by atoms with Crippen LogP contribution in [0.4, 0.5) is 9.59 Å². The second kappa shape index (κ2) is 15.3. The van der Waals surface area contributed by atoms with Crippen LogP contribution in [0.15, 0.2) is 0 Å². The molecule has 4 amide bonds. The first-order chi connectivity index (χ1) is 18.4. The fraction of sp³-hybridized carbons (Fsp3) is 0.769. The third kappa shape index (κ3) is 14.0. The number of amides is 4. The number of hydrogen-bond donors (Lipinski definition) is 2. The molecule has 1 heterocycles. The molecule has 2 N–H and O–H groups in total. The Balaban J connectivity index is 3.29. The molecule has 1 fully saturated rings. The minimum atomic E-state index is -1.12. The SMILES string of the molecule is CC(C)(C)OC(=O)N1CCN(C(=O)CCC(=O)O)CCN(C(=O)OC(C)(C)C)CCN(C(=O)CCC(=O)O)CC1. The van der Waals surface area contributed by atoms with Crippen LogP contribution in [0.3, 0.4) is 0 Å². The highest BCUT2D eigenvalue weighted by Gasteiger charge is 2.29. The minimum absolute atomic E-state index is 0.0251. The molecule has 0 saturated carbocycles. The van der Waals surface area contributed by atoms with E-state index in [9.17, 15) is 28.8 Å². The van der Waals surface area contributed by atoms with Gasteiger partial charge in [0.2, 0.25) is 11.8 Å². The van der Waals surface area contributed by atoms with E-state index >= 15 is 0 Å². The topological polar surface area (TPSA) is 174 Å². The van der Waals surface area contributed by atoms with Crippen molar-refractivity contribution in [1.82, 2.24) is 19.6 Å². The molecular formula is C26H44N4O10. The van der Waals surface area contributed by atoms with Crippen LogP contribution in [-0.4, -0.2) is 129 Å². The van der Waals surface area contributed by atoms with Crippen molar-refractivity contribution in [2.75, 3.05) is 52.4 Å². The number of carbonyl (C=O) groups excluding carboxylic acids is 4. The molecular weight excluding hydrogens is 528 g/mol. The normalized spacial score (nSPS) is 15.9. The summed E-state index contributed by atoms with van der Waals surface area (Å²) in [6.07, 6.45) is -2.55. The largest absolute Gasteiger partial charge is 0.481 e. The van der Waals surface area contributed by atoms with Crippen LogP contribution in [0.25, 0.3) is 0 Å². The molecule has 14 heteroatoms. The van der Waals surface area contributed by atoms with E-state index < -0.39 is 47.1 Å². The van der Waals surface area contributed by atoms with E-state index in [0.717, 1.165) is 0 Å². The van der Waals surface area contributed by atoms with Gasteiger partial charge < -0.3 is 39.3 Å². The zero-order valence-corrected chi connectivity index (χ0v) is 24.4. The summed E-state index contributed by atoms with van der Waals surface area (Å²) < 4.78 is 11.0. The predicted molar refractivity (Wildman–Crippen MR) is 143 cm³/mol. The van der Waals surface area contributed by atoms with Gasteiger partial charge in [0.1, 0.15) is 11.2 Å². The number of ether oxygens (including phenoxy) is 2. The molecule has 14 nitrogen and oxygen atoms in total. The predicted octanol–water partition coefficient (Wildman–Crippen LogP) is 1.86. The van der Waals surface area contributed by atoms with Crippen LogP contribution < -0.4 is 0 Å². The zero-order chi connectivity index (χ0) is 30.7. The highest BCUT2D eigenvalue weighted by Crippen LogP contribution is 2.14. The molecule has 1 saturated heterocycles. The maximum Gasteiger partial charge on any atom is 0.410 e. The summed E-state index contributed by atoms with van der Waals surface area (Å²) in [5, 5.41) is 18.0. The van der Waals surface area contributed by atoms with Gasteiger partial charge in [-0.1, -0.05) is 0 Å². The molecule has 228 valence electrons. The average Bonchev–Trinajstić information content (AvgIpc) is 2.78. The van der Waals surface area contributed by atoms with Crippen molar-refractivity contribution in [2.24, 2.45) is 0 Å². The van der Waals surface area contributed by atoms with Gasteiger partial charge in [0, 0.05) is 65.2 Å². The number of nitrogens with zero attached hydrogens (tertiary/aromatic N) is 4. The molecule has 0 spiro atoms. The number of carboxylic acid groups (broad SMARTS) is 2. The summed E-state index contributed by atoms with van der Waals surface area (Å²) in [5.41, 5.74) is -1.61. The van der Waals surface area contributed by atoms with E-state index in [2.05, 4.69) is 0 Å². The van der Waals surface area contributed by atoms with Crippen LogP contribution in [0.2, 0.25) is 0 Å². The number of hydrogen-bond acceptors (Lipinski definition) is 8. The zero-order valence-electron chi connectivity index (χ0n) is 24.4. The van der Waals surface area contributed by atoms with Crippen LogP contribution in [0.5, 0.6) is 0 Å². The van der Waals surface area contributed by atoms with Gasteiger partial charge in [0.25, 0.3) is 0 Å². The Labute approximate surface area is 235 Å². The Hall–Kier alpha value is -3.58. The number of carbonyl (C=O) groups is 6. The van der Waals surface area contributed by atoms with Crippen LogP contribution in [0, 0.1) is 0 Å². The van der Waals surface area contributed by atoms with E-state index in [4.69, 9.17) is 19.7 Å². The van der Waals surface area contributed by atoms with Crippen molar-refractivity contribution in [3.8, 4) is 0 Å². The standard InChI is InChI=1S/C26H44N4O10/c1-25(2,3)39-23(37)29-15-11-27(19(31)7-9-21(33)34)13-17-30(24(38)40-26(4,5)6)18-14-28(12-16-29)20(32)8-10-22(35)36/h7-18H2,1-6H3,(H,33,34)(H,35,36). The second-order valence-electron chi connectivity index (χ2n) is 11.5. The van der Waals surface area contributed by atoms with Crippen molar-refractivity contribution in [1.29, 1.82) is 0 Å². The third-order valence-corrected chi connectivity index (χ3v) is 5.67. The van der Waals surface area contributed by atoms with Gasteiger partial charge in [-0.05, 0) is 41.5 Å². The summed E-state index contributed by atoms with van der Waals surface area (Å²) in [6.45, 7) is 10.5. The maximum absolute atomic E-state index is 13.0. The van der Waals surface area contributed by atoms with Crippen LogP contribution in [-0.2, 0) is 28.7 Å². The monoisotopic (exact) mass is 572 g/mol. The van der Waals surface area contributed by atoms with E-state index in [-0.39, 0.29) is 78.0 Å². The lowest BCUT2D eigenvalue weighted by atomic mass is 10.2. The Morgan fingerprint density at radius 2 is 0.750 bits per heavy atom. The molecule has 0 radical (unpaired) electrons. The Morgan fingerprint density at radius 1 is 0.500 bits per heavy atom. The molecule has 1 aliphatic rings. The van der Waals surface area contributed by atoms with Crippen molar-refractivity contribution in [3.05, 3.63) is 0 Å². The Kier molecular flexibility index (Phi) is 13.2. The first kappa shape index (κ1) is 34.4. The fourth-order valence-corrected chi connectivity index (χ4v) is 3.67. The summed E-state index contributed by atoms with van der Waals surface area (Å²) in [5.74, 6) is -3.14. The molecule has 0 aromatic heterocycles. The Bertz CT molecular complexity index is 835. The van der Waals surface area contributed by atoms with Gasteiger partial charge in [-0.25, -0.2) is 9.59 Å². The fourth-order valence-electron chi connectivity index (χ4n) is 3.67. The third-order valence-electron chi connectivity index (χ3n) is 5.67. The number of carboxylic acids is 2. The van der Waals surface area contributed by atoms with Crippen molar-refractivity contribution < 1.29 is 48.5 Å². The molecule has 0 bridgehead atoms. The van der Waals surface area contributed by atoms with Crippen molar-refractivity contribution >= 4 is 35.9 Å². The smallest absolute Gasteiger partial charge is 0.410 e. The molecule has 0 atom stereocenters. The summed E-state index contributed by atoms with van der Waals surface area (Å²) >= 11 is 0. The highest BCUT2D eigenvalue weighted by molar-refractivity contribution is 5.81. The van der Waals surface area contributed by atoms with Gasteiger partial charge in [-0.2, -0.15) is 0 Å². The van der Waals surface area contributed by atoms with Crippen LogP contribution >= 0.6 is 0 Å². The van der Waals surface area contributed by atoms with Gasteiger partial charge in [-0.15, -0.1) is 0 Å². The van der Waals surface area contributed by atoms with Gasteiger partial charge in [0.15, 0.2) is 0 Å². The minimum Gasteiger partial charge on any atom is -0.481 e. The molecule has 0 aliphatic carbocycles. The van der Waals surface area contributed by atoms with E-state index in [1.165, 1.54) is 19.6 Å². The summed E-state index contributed by atoms with van der Waals surface area (Å²) in [7, 11) is 0. The molecule has 1 rings (SSSR count). The lowest BCUT2D eigenvalue weighted by Crippen LogP contribution is -2.51. The molecule has 40 heavy (non-hydrogen) atoms. The maximum atomic E-state index is 13.0. The van der Waals surface area contributed by atoms with E-state index in [1.54, 1.807) is 41.5 Å². The molecule has 0 unspecified atom stereocenters. The first-order valence-electron chi connectivity index (χ1n) is 13.3. The van der Waals surface area contributed by atoms with Crippen LogP contribution in [0.1, 0.15) is 67.2 Å². The highest BCUT2D eigenvalue weighted by atomic mass is 16.6. The number of aliphatic carboxylic acids is 2. The Morgan fingerprint density at radius 3 is 0.975 bits per heavy atom.